The van der Waals surface area contributed by atoms with Crippen LogP contribution in [0.3, 0.4) is 0 Å². The van der Waals surface area contributed by atoms with Gasteiger partial charge in [-0.3, -0.25) is 0 Å². The van der Waals surface area contributed by atoms with Crippen molar-refractivity contribution in [2.75, 3.05) is 37.1 Å². The van der Waals surface area contributed by atoms with Crippen molar-refractivity contribution >= 4 is 21.6 Å². The zero-order chi connectivity index (χ0) is 18.7. The van der Waals surface area contributed by atoms with E-state index in [9.17, 15) is 26.4 Å². The van der Waals surface area contributed by atoms with Crippen LogP contribution in [0.25, 0.3) is 0 Å². The molecule has 0 saturated carbocycles. The normalized spacial score (nSPS) is 19.6. The Labute approximate surface area is 143 Å². The number of nitrogens with one attached hydrogen (secondary N) is 1. The van der Waals surface area contributed by atoms with Crippen molar-refractivity contribution in [1.29, 1.82) is 0 Å². The lowest BCUT2D eigenvalue weighted by molar-refractivity contribution is -0.136. The maximum absolute atomic E-state index is 13.0. The van der Waals surface area contributed by atoms with E-state index in [1.54, 1.807) is 0 Å². The summed E-state index contributed by atoms with van der Waals surface area (Å²) in [5, 5.41) is 2.25. The summed E-state index contributed by atoms with van der Waals surface area (Å²) in [7, 11) is -1.83. The molecular weight excluding hydrogens is 361 g/mol. The molecule has 2 amide bonds. The van der Waals surface area contributed by atoms with E-state index in [1.165, 1.54) is 24.1 Å². The fourth-order valence-electron chi connectivity index (χ4n) is 2.69. The van der Waals surface area contributed by atoms with Gasteiger partial charge < -0.3 is 15.0 Å². The van der Waals surface area contributed by atoms with Gasteiger partial charge in [0.2, 0.25) is 0 Å². The fourth-order valence-corrected chi connectivity index (χ4v) is 4.42. The Morgan fingerprint density at radius 3 is 2.60 bits per heavy atom. The zero-order valence-corrected chi connectivity index (χ0v) is 14.4. The summed E-state index contributed by atoms with van der Waals surface area (Å²) in [5.74, 6) is -0.251. The van der Waals surface area contributed by atoms with Crippen LogP contribution >= 0.6 is 0 Å². The van der Waals surface area contributed by atoms with Crippen molar-refractivity contribution in [2.45, 2.75) is 18.6 Å². The highest BCUT2D eigenvalue weighted by Gasteiger charge is 2.37. The van der Waals surface area contributed by atoms with Gasteiger partial charge in [0.15, 0.2) is 9.84 Å². The van der Waals surface area contributed by atoms with Crippen LogP contribution in [0.5, 0.6) is 0 Å². The first-order valence-corrected chi connectivity index (χ1v) is 9.39. The first kappa shape index (κ1) is 19.5. The first-order valence-electron chi connectivity index (χ1n) is 7.57. The maximum Gasteiger partial charge on any atom is 0.418 e. The van der Waals surface area contributed by atoms with Crippen molar-refractivity contribution in [3.8, 4) is 0 Å². The second kappa shape index (κ2) is 7.61. The number of sulfone groups is 1. The quantitative estimate of drug-likeness (QED) is 0.851. The molecule has 1 aromatic rings. The van der Waals surface area contributed by atoms with Crippen molar-refractivity contribution in [3.63, 3.8) is 0 Å². The van der Waals surface area contributed by atoms with E-state index < -0.39 is 33.6 Å². The molecule has 1 atom stereocenters. The Hall–Kier alpha value is -1.81. The molecule has 0 aromatic heterocycles. The largest absolute Gasteiger partial charge is 0.418 e. The molecule has 25 heavy (non-hydrogen) atoms. The molecule has 10 heteroatoms. The number of hydrogen-bond acceptors (Lipinski definition) is 4. The number of nitrogens with zero attached hydrogens (tertiary/aromatic N) is 1. The van der Waals surface area contributed by atoms with Crippen LogP contribution in [0, 0.1) is 0 Å². The van der Waals surface area contributed by atoms with Crippen LogP contribution in [0.4, 0.5) is 23.7 Å². The van der Waals surface area contributed by atoms with Crippen LogP contribution in [-0.4, -0.2) is 57.2 Å². The van der Waals surface area contributed by atoms with Gasteiger partial charge in [0, 0.05) is 19.7 Å². The van der Waals surface area contributed by atoms with E-state index in [-0.39, 0.29) is 36.8 Å². The summed E-state index contributed by atoms with van der Waals surface area (Å²) in [6.45, 7) is 0.224. The maximum atomic E-state index is 13.0. The fraction of sp³-hybridized carbons (Fsp3) is 0.533. The summed E-state index contributed by atoms with van der Waals surface area (Å²) in [6, 6.07) is 3.26. The molecule has 1 N–H and O–H groups in total. The lowest BCUT2D eigenvalue weighted by Crippen LogP contribution is -2.45. The van der Waals surface area contributed by atoms with Gasteiger partial charge in [0.1, 0.15) is 0 Å². The minimum atomic E-state index is -4.61. The highest BCUT2D eigenvalue weighted by Crippen LogP contribution is 2.34. The number of halogens is 3. The summed E-state index contributed by atoms with van der Waals surface area (Å²) >= 11 is 0. The number of anilines is 1. The molecule has 6 nitrogen and oxygen atoms in total. The molecule has 2 rings (SSSR count). The molecule has 1 fully saturated rings. The molecule has 1 saturated heterocycles. The minimum absolute atomic E-state index is 0.0480. The third kappa shape index (κ3) is 5.08. The Balaban J connectivity index is 2.21. The van der Waals surface area contributed by atoms with E-state index in [0.717, 1.165) is 12.1 Å². The number of urea groups is 1. The molecular formula is C15H19F3N2O4S. The van der Waals surface area contributed by atoms with Crippen LogP contribution in [0.1, 0.15) is 12.0 Å². The average Bonchev–Trinajstić information content (AvgIpc) is 2.87. The second-order valence-corrected chi connectivity index (χ2v) is 7.95. The van der Waals surface area contributed by atoms with Gasteiger partial charge in [-0.1, -0.05) is 12.1 Å². The van der Waals surface area contributed by atoms with Gasteiger partial charge >= 0.3 is 12.2 Å². The number of carbonyl (C=O) groups is 1. The number of ether oxygens (including phenoxy) is 1. The molecule has 0 radical (unpaired) electrons. The lowest BCUT2D eigenvalue weighted by atomic mass is 10.1. The molecule has 140 valence electrons. The van der Waals surface area contributed by atoms with Gasteiger partial charge in [0.25, 0.3) is 0 Å². The number of amides is 2. The minimum Gasteiger partial charge on any atom is -0.383 e. The van der Waals surface area contributed by atoms with Gasteiger partial charge in [0.05, 0.1) is 29.4 Å². The molecule has 1 unspecified atom stereocenters. The van der Waals surface area contributed by atoms with Gasteiger partial charge in [-0.15, -0.1) is 0 Å². The van der Waals surface area contributed by atoms with Crippen molar-refractivity contribution in [3.05, 3.63) is 29.8 Å². The van der Waals surface area contributed by atoms with Crippen molar-refractivity contribution in [1.82, 2.24) is 4.90 Å². The Bertz CT molecular complexity index is 722. The van der Waals surface area contributed by atoms with Crippen molar-refractivity contribution in [2.24, 2.45) is 0 Å². The highest BCUT2D eigenvalue weighted by molar-refractivity contribution is 7.91. The number of benzene rings is 1. The lowest BCUT2D eigenvalue weighted by Gasteiger charge is -2.28. The van der Waals surface area contributed by atoms with Crippen molar-refractivity contribution < 1.29 is 31.1 Å². The Morgan fingerprint density at radius 2 is 2.04 bits per heavy atom. The zero-order valence-electron chi connectivity index (χ0n) is 13.5. The summed E-state index contributed by atoms with van der Waals surface area (Å²) in [5.41, 5.74) is -1.34. The predicted octanol–water partition coefficient (Wildman–Crippen LogP) is 2.37. The number of methoxy groups -OCH3 is 1. The standard InChI is InChI=1S/C15H19F3N2O4S/c1-24-8-7-20(11-6-9-25(22,23)10-11)14(21)19-13-5-3-2-4-12(13)15(16,17)18/h2-5,11H,6-10H2,1H3,(H,19,21). The third-order valence-electron chi connectivity index (χ3n) is 3.92. The van der Waals surface area contributed by atoms with Crippen LogP contribution in [0.15, 0.2) is 24.3 Å². The van der Waals surface area contributed by atoms with E-state index in [1.807, 2.05) is 0 Å². The number of rotatable bonds is 5. The highest BCUT2D eigenvalue weighted by atomic mass is 32.2. The van der Waals surface area contributed by atoms with Crippen LogP contribution in [-0.2, 0) is 20.8 Å². The third-order valence-corrected chi connectivity index (χ3v) is 5.67. The number of alkyl halides is 3. The Morgan fingerprint density at radius 1 is 1.36 bits per heavy atom. The van der Waals surface area contributed by atoms with E-state index in [2.05, 4.69) is 5.32 Å². The number of hydrogen-bond donors (Lipinski definition) is 1. The smallest absolute Gasteiger partial charge is 0.383 e. The number of carbonyl (C=O) groups excluding carboxylic acids is 1. The predicted molar refractivity (Wildman–Crippen MR) is 86.1 cm³/mol. The SMILES string of the molecule is COCCN(C(=O)Nc1ccccc1C(F)(F)F)C1CCS(=O)(=O)C1. The monoisotopic (exact) mass is 380 g/mol. The summed E-state index contributed by atoms with van der Waals surface area (Å²) in [6.07, 6.45) is -4.36. The molecule has 1 aliphatic heterocycles. The van der Waals surface area contributed by atoms with Crippen LogP contribution in [0.2, 0.25) is 0 Å². The second-order valence-electron chi connectivity index (χ2n) is 5.72. The molecule has 1 heterocycles. The summed E-state index contributed by atoms with van der Waals surface area (Å²) < 4.78 is 67.3. The molecule has 0 spiro atoms. The van der Waals surface area contributed by atoms with E-state index >= 15 is 0 Å². The van der Waals surface area contributed by atoms with Gasteiger partial charge in [-0.05, 0) is 18.6 Å². The first-order chi connectivity index (χ1) is 11.6. The van der Waals surface area contributed by atoms with Crippen LogP contribution < -0.4 is 5.32 Å². The molecule has 0 bridgehead atoms. The van der Waals surface area contributed by atoms with E-state index in [4.69, 9.17) is 4.74 Å². The average molecular weight is 380 g/mol. The Kier molecular flexibility index (Phi) is 5.94. The molecule has 1 aromatic carbocycles. The van der Waals surface area contributed by atoms with E-state index in [0.29, 0.717) is 0 Å². The molecule has 0 aliphatic carbocycles. The van der Waals surface area contributed by atoms with Gasteiger partial charge in [-0.2, -0.15) is 13.2 Å². The number of para-hydroxylation sites is 1. The summed E-state index contributed by atoms with van der Waals surface area (Å²) in [4.78, 5) is 13.7. The topological polar surface area (TPSA) is 75.7 Å². The van der Waals surface area contributed by atoms with Gasteiger partial charge in [-0.25, -0.2) is 13.2 Å². The molecule has 1 aliphatic rings.